The van der Waals surface area contributed by atoms with Crippen LogP contribution in [-0.4, -0.2) is 42.9 Å². The zero-order valence-corrected chi connectivity index (χ0v) is 20.7. The minimum Gasteiger partial charge on any atom is -0.516 e. The van der Waals surface area contributed by atoms with Crippen LogP contribution in [0.1, 0.15) is 31.1 Å². The van der Waals surface area contributed by atoms with Gasteiger partial charge in [-0.2, -0.15) is 0 Å². The molecule has 0 aliphatic heterocycles. The predicted octanol–water partition coefficient (Wildman–Crippen LogP) is 4.66. The molecule has 0 saturated heterocycles. The Balaban J connectivity index is 3.51. The Bertz CT molecular complexity index is 693. The Kier molecular flexibility index (Phi) is 7.01. The van der Waals surface area contributed by atoms with Crippen molar-refractivity contribution in [1.29, 1.82) is 0 Å². The molecule has 0 radical (unpaired) electrons. The molecule has 0 heterocycles. The van der Waals surface area contributed by atoms with E-state index < -0.39 is 42.9 Å². The lowest BCUT2D eigenvalue weighted by Gasteiger charge is -2.23. The van der Waals surface area contributed by atoms with Crippen LogP contribution in [0.25, 0.3) is 0 Å². The van der Waals surface area contributed by atoms with E-state index in [9.17, 15) is 14.4 Å². The summed E-state index contributed by atoms with van der Waals surface area (Å²) in [5, 5.41) is 0. The van der Waals surface area contributed by atoms with E-state index in [0.29, 0.717) is 0 Å². The van der Waals surface area contributed by atoms with Crippen LogP contribution < -0.4 is 0 Å². The molecule has 27 heavy (non-hydrogen) atoms. The highest BCUT2D eigenvalue weighted by Crippen LogP contribution is 2.23. The summed E-state index contributed by atoms with van der Waals surface area (Å²) in [6.45, 7) is 16.8. The first-order valence-electron chi connectivity index (χ1n) is 8.83. The number of carbonyl (C=O) groups excluding carboxylic acids is 3. The fourth-order valence-electron chi connectivity index (χ4n) is 2.11. The molecule has 1 aromatic carbocycles. The minimum absolute atomic E-state index is 0.0331. The Labute approximate surface area is 164 Å². The Morgan fingerprint density at radius 1 is 0.593 bits per heavy atom. The van der Waals surface area contributed by atoms with Crippen molar-refractivity contribution in [2.24, 2.45) is 0 Å². The van der Waals surface area contributed by atoms with E-state index in [0.717, 1.165) is 0 Å². The summed E-state index contributed by atoms with van der Waals surface area (Å²) in [5.74, 6) is -1.95. The largest absolute Gasteiger partial charge is 0.516 e. The summed E-state index contributed by atoms with van der Waals surface area (Å²) in [4.78, 5) is 38.2. The minimum atomic E-state index is -2.25. The van der Waals surface area contributed by atoms with Crippen LogP contribution in [0.3, 0.4) is 0 Å². The highest BCUT2D eigenvalue weighted by atomic mass is 28.4. The fraction of sp³-hybridized carbons (Fsp3) is 0.500. The molecule has 0 atom stereocenters. The van der Waals surface area contributed by atoms with E-state index in [1.807, 2.05) is 58.9 Å². The topological polar surface area (TPSA) is 78.9 Å². The third-order valence-electron chi connectivity index (χ3n) is 2.91. The first-order valence-corrected chi connectivity index (χ1v) is 19.1. The standard InChI is InChI=1S/C18H30O6Si3/c1-25(2,3)22-16(19)13-11-10-12-14(17(20)23-26(4,5)6)15(13)18(21)24-27(7,8)9/h10-12H,1-9H3. The van der Waals surface area contributed by atoms with Gasteiger partial charge < -0.3 is 13.3 Å². The SMILES string of the molecule is C[Si](C)(C)OC(=O)c1cccc(C(=O)O[Si](C)(C)C)c1C(=O)O[Si](C)(C)C. The molecule has 0 unspecified atom stereocenters. The van der Waals surface area contributed by atoms with Crippen molar-refractivity contribution in [2.45, 2.75) is 58.9 Å². The van der Waals surface area contributed by atoms with Crippen LogP contribution in [0.5, 0.6) is 0 Å². The van der Waals surface area contributed by atoms with Gasteiger partial charge >= 0.3 is 17.9 Å². The second kappa shape index (κ2) is 8.11. The molecule has 1 rings (SSSR count). The first-order chi connectivity index (χ1) is 12.0. The van der Waals surface area contributed by atoms with Gasteiger partial charge in [0.25, 0.3) is 0 Å². The van der Waals surface area contributed by atoms with Crippen LogP contribution in [0.15, 0.2) is 18.2 Å². The number of hydrogen-bond donors (Lipinski definition) is 0. The second-order valence-corrected chi connectivity index (χ2v) is 22.5. The summed E-state index contributed by atoms with van der Waals surface area (Å²) in [6, 6.07) is 4.51. The molecule has 0 spiro atoms. The zero-order valence-electron chi connectivity index (χ0n) is 17.7. The van der Waals surface area contributed by atoms with Gasteiger partial charge in [-0.25, -0.2) is 14.4 Å². The molecule has 9 heteroatoms. The summed E-state index contributed by atoms with van der Waals surface area (Å²) in [5.41, 5.74) is -0.0113. The van der Waals surface area contributed by atoms with Crippen molar-refractivity contribution < 1.29 is 27.7 Å². The molecule has 0 aliphatic rings. The summed E-state index contributed by atoms with van der Waals surface area (Å²) in [7, 11) is -6.63. The van der Waals surface area contributed by atoms with Crippen molar-refractivity contribution in [3.63, 3.8) is 0 Å². The molecule has 0 N–H and O–H groups in total. The second-order valence-electron chi connectivity index (χ2n) is 9.23. The van der Waals surface area contributed by atoms with Crippen LogP contribution in [0.2, 0.25) is 58.9 Å². The van der Waals surface area contributed by atoms with Crippen LogP contribution in [-0.2, 0) is 13.3 Å². The fourth-order valence-corrected chi connectivity index (χ4v) is 4.10. The smallest absolute Gasteiger partial charge is 0.326 e. The molecule has 0 fully saturated rings. The van der Waals surface area contributed by atoms with Crippen LogP contribution >= 0.6 is 0 Å². The number of rotatable bonds is 6. The van der Waals surface area contributed by atoms with E-state index >= 15 is 0 Å². The maximum Gasteiger partial charge on any atom is 0.326 e. The molecule has 1 aromatic rings. The van der Waals surface area contributed by atoms with E-state index in [1.54, 1.807) is 6.07 Å². The highest BCUT2D eigenvalue weighted by molar-refractivity contribution is 6.72. The normalized spacial score (nSPS) is 12.3. The lowest BCUT2D eigenvalue weighted by molar-refractivity contribution is 0.0662. The zero-order chi connectivity index (χ0) is 21.2. The molecular formula is C18H30O6Si3. The van der Waals surface area contributed by atoms with Gasteiger partial charge in [0.2, 0.25) is 25.0 Å². The average Bonchev–Trinajstić information content (AvgIpc) is 2.40. The third kappa shape index (κ3) is 7.81. The van der Waals surface area contributed by atoms with E-state index in [2.05, 4.69) is 0 Å². The van der Waals surface area contributed by atoms with Crippen molar-refractivity contribution in [1.82, 2.24) is 0 Å². The lowest BCUT2D eigenvalue weighted by Crippen LogP contribution is -2.34. The molecule has 0 bridgehead atoms. The van der Waals surface area contributed by atoms with Gasteiger partial charge in [-0.3, -0.25) is 0 Å². The van der Waals surface area contributed by atoms with Gasteiger partial charge in [-0.05, 0) is 71.1 Å². The van der Waals surface area contributed by atoms with E-state index in [4.69, 9.17) is 13.3 Å². The van der Waals surface area contributed by atoms with Gasteiger partial charge in [0.15, 0.2) is 0 Å². The Morgan fingerprint density at radius 2 is 0.889 bits per heavy atom. The molecule has 6 nitrogen and oxygen atoms in total. The van der Waals surface area contributed by atoms with E-state index in [-0.39, 0.29) is 16.7 Å². The van der Waals surface area contributed by atoms with Gasteiger partial charge in [0, 0.05) is 0 Å². The molecule has 0 amide bonds. The predicted molar refractivity (Wildman–Crippen MR) is 113 cm³/mol. The number of carbonyl (C=O) groups is 3. The first kappa shape index (κ1) is 23.3. The maximum atomic E-state index is 12.9. The molecule has 0 aromatic heterocycles. The van der Waals surface area contributed by atoms with Gasteiger partial charge in [-0.15, -0.1) is 0 Å². The Hall–Kier alpha value is -1.72. The summed E-state index contributed by atoms with van der Waals surface area (Å²) in [6.07, 6.45) is 0. The molecule has 0 aliphatic carbocycles. The molecule has 150 valence electrons. The van der Waals surface area contributed by atoms with Crippen LogP contribution in [0, 0.1) is 0 Å². The van der Waals surface area contributed by atoms with Crippen molar-refractivity contribution in [3.8, 4) is 0 Å². The Morgan fingerprint density at radius 3 is 1.19 bits per heavy atom. The highest BCUT2D eigenvalue weighted by Gasteiger charge is 2.33. The maximum absolute atomic E-state index is 12.9. The molecular weight excluding hydrogens is 396 g/mol. The van der Waals surface area contributed by atoms with Gasteiger partial charge in [0.05, 0.1) is 16.7 Å². The average molecular weight is 427 g/mol. The lowest BCUT2D eigenvalue weighted by atomic mass is 10.0. The van der Waals surface area contributed by atoms with Gasteiger partial charge in [-0.1, -0.05) is 6.07 Å². The quantitative estimate of drug-likeness (QED) is 0.615. The van der Waals surface area contributed by atoms with Crippen molar-refractivity contribution in [3.05, 3.63) is 34.9 Å². The van der Waals surface area contributed by atoms with Crippen molar-refractivity contribution >= 4 is 42.9 Å². The monoisotopic (exact) mass is 426 g/mol. The summed E-state index contributed by atoms with van der Waals surface area (Å²) >= 11 is 0. The third-order valence-corrected chi connectivity index (χ3v) is 5.30. The van der Waals surface area contributed by atoms with Crippen molar-refractivity contribution in [2.75, 3.05) is 0 Å². The molecule has 0 saturated carbocycles. The van der Waals surface area contributed by atoms with Crippen LogP contribution in [0.4, 0.5) is 0 Å². The summed E-state index contributed by atoms with van der Waals surface area (Å²) < 4.78 is 16.7. The van der Waals surface area contributed by atoms with Gasteiger partial charge in [0.1, 0.15) is 0 Å². The number of hydrogen-bond acceptors (Lipinski definition) is 6. The number of benzene rings is 1. The van der Waals surface area contributed by atoms with E-state index in [1.165, 1.54) is 12.1 Å².